The molecule has 0 saturated heterocycles. The predicted molar refractivity (Wildman–Crippen MR) is 138 cm³/mol. The number of hydrogen-bond acceptors (Lipinski definition) is 4. The van der Waals surface area contributed by atoms with Crippen molar-refractivity contribution in [2.45, 2.75) is 39.0 Å². The van der Waals surface area contributed by atoms with E-state index in [0.29, 0.717) is 23.1 Å². The largest absolute Gasteiger partial charge is 0.417 e. The third-order valence-corrected chi connectivity index (χ3v) is 6.87. The first-order chi connectivity index (χ1) is 18.4. The second-order valence-corrected chi connectivity index (χ2v) is 9.69. The molecule has 3 rings (SSSR count). The average Bonchev–Trinajstić information content (AvgIpc) is 2.84. The molecule has 5 nitrogen and oxygen atoms in total. The van der Waals surface area contributed by atoms with Crippen LogP contribution in [0.2, 0.25) is 15.1 Å². The number of aromatic nitrogens is 2. The third-order valence-electron chi connectivity index (χ3n) is 5.67. The number of nitrogens with one attached hydrogen (secondary N) is 2. The molecular formula is C25H18Cl3F7N4O. The minimum Gasteiger partial charge on any atom is -0.281 e. The summed E-state index contributed by atoms with van der Waals surface area (Å²) in [6.45, 7) is 4.86. The molecule has 0 aliphatic carbocycles. The molecule has 1 amide bonds. The van der Waals surface area contributed by atoms with Gasteiger partial charge in [0.2, 0.25) is 0 Å². The number of amides is 1. The van der Waals surface area contributed by atoms with Gasteiger partial charge in [-0.25, -0.2) is 14.4 Å². The molecule has 0 aliphatic heterocycles. The quantitative estimate of drug-likeness (QED) is 0.163. The van der Waals surface area contributed by atoms with Crippen LogP contribution in [-0.2, 0) is 6.18 Å². The molecule has 15 heteroatoms. The summed E-state index contributed by atoms with van der Waals surface area (Å²) in [4.78, 5) is 20.8. The minimum atomic E-state index is -5.17. The Kier molecular flexibility index (Phi) is 9.27. The van der Waals surface area contributed by atoms with E-state index in [9.17, 15) is 31.1 Å². The topological polar surface area (TPSA) is 66.9 Å². The molecule has 0 spiro atoms. The number of hydrazine groups is 1. The van der Waals surface area contributed by atoms with Gasteiger partial charge in [0, 0.05) is 16.8 Å². The first kappa shape index (κ1) is 31.4. The van der Waals surface area contributed by atoms with Crippen LogP contribution in [0.25, 0.3) is 5.83 Å². The van der Waals surface area contributed by atoms with Gasteiger partial charge in [-0.2, -0.15) is 26.3 Å². The van der Waals surface area contributed by atoms with E-state index in [0.717, 1.165) is 18.2 Å². The van der Waals surface area contributed by atoms with Crippen LogP contribution in [-0.4, -0.2) is 22.1 Å². The maximum absolute atomic E-state index is 15.0. The van der Waals surface area contributed by atoms with Crippen LogP contribution in [0.4, 0.5) is 36.6 Å². The number of alkyl halides is 6. The van der Waals surface area contributed by atoms with E-state index in [-0.39, 0.29) is 33.0 Å². The second kappa shape index (κ2) is 11.8. The Bertz CT molecular complexity index is 1470. The second-order valence-electron chi connectivity index (χ2n) is 8.50. The highest BCUT2D eigenvalue weighted by Crippen LogP contribution is 2.42. The van der Waals surface area contributed by atoms with E-state index in [1.54, 1.807) is 20.8 Å². The fourth-order valence-corrected chi connectivity index (χ4v) is 4.19. The number of hydrogen-bond donors (Lipinski definition) is 2. The molecule has 2 N–H and O–H groups in total. The lowest BCUT2D eigenvalue weighted by Crippen LogP contribution is -2.32. The molecule has 0 aliphatic rings. The Labute approximate surface area is 238 Å². The van der Waals surface area contributed by atoms with E-state index in [2.05, 4.69) is 20.8 Å². The number of halogens is 10. The standard InChI is InChI=1S/C25H18Cl3F7N4O/c1-10-11(2)36-12(3)37-22(10)38-39-23(40)15-5-4-13(6-17(15)25(33,34)35)20(29)9-16(24(30,31)32)14-7-18(26)21(28)19(27)8-14/h4-9,16H,1-3H3,(H,39,40)(H,36,37,38)/b20-9-. The van der Waals surface area contributed by atoms with Crippen LogP contribution >= 0.6 is 34.8 Å². The summed E-state index contributed by atoms with van der Waals surface area (Å²) in [7, 11) is 0. The summed E-state index contributed by atoms with van der Waals surface area (Å²) < 4.78 is 98.0. The zero-order chi connectivity index (χ0) is 30.2. The predicted octanol–water partition coefficient (Wildman–Crippen LogP) is 8.79. The van der Waals surface area contributed by atoms with Crippen LogP contribution in [0.3, 0.4) is 0 Å². The van der Waals surface area contributed by atoms with E-state index >= 15 is 4.39 Å². The summed E-state index contributed by atoms with van der Waals surface area (Å²) in [5, 5.41) is -0.896. The lowest BCUT2D eigenvalue weighted by molar-refractivity contribution is -0.140. The van der Waals surface area contributed by atoms with E-state index < -0.39 is 52.3 Å². The van der Waals surface area contributed by atoms with Crippen LogP contribution < -0.4 is 10.9 Å². The lowest BCUT2D eigenvalue weighted by Gasteiger charge is -2.19. The fraction of sp³-hybridized carbons (Fsp3) is 0.240. The number of rotatable bonds is 6. The highest BCUT2D eigenvalue weighted by atomic mass is 35.5. The summed E-state index contributed by atoms with van der Waals surface area (Å²) in [6, 6.07) is 3.27. The summed E-state index contributed by atoms with van der Waals surface area (Å²) in [6.07, 6.45) is -10.2. The molecule has 1 atom stereocenters. The van der Waals surface area contributed by atoms with Gasteiger partial charge in [0.05, 0.1) is 26.2 Å². The first-order valence-electron chi connectivity index (χ1n) is 11.1. The van der Waals surface area contributed by atoms with E-state index in [4.69, 9.17) is 34.8 Å². The molecule has 0 bridgehead atoms. The fourth-order valence-electron chi connectivity index (χ4n) is 3.58. The number of benzene rings is 2. The third kappa shape index (κ3) is 7.15. The number of anilines is 1. The van der Waals surface area contributed by atoms with E-state index in [1.807, 2.05) is 0 Å². The number of carbonyl (C=O) groups excluding carboxylic acids is 1. The van der Waals surface area contributed by atoms with Crippen molar-refractivity contribution in [3.05, 3.63) is 90.8 Å². The monoisotopic (exact) mass is 628 g/mol. The normalized spacial score (nSPS) is 13.3. The maximum Gasteiger partial charge on any atom is 0.417 e. The van der Waals surface area contributed by atoms with Crippen molar-refractivity contribution < 1.29 is 35.5 Å². The smallest absolute Gasteiger partial charge is 0.281 e. The zero-order valence-corrected chi connectivity index (χ0v) is 22.9. The van der Waals surface area contributed by atoms with Crippen LogP contribution in [0.5, 0.6) is 0 Å². The highest BCUT2D eigenvalue weighted by molar-refractivity contribution is 6.48. The Balaban J connectivity index is 1.99. The SMILES string of the molecule is Cc1nc(C)c(C)c(NNC(=O)c2ccc(/C(F)=C/C(c3cc(Cl)c(Cl)c(Cl)c3)C(F)(F)F)cc2C(F)(F)F)n1. The average molecular weight is 630 g/mol. The summed E-state index contributed by atoms with van der Waals surface area (Å²) in [5.41, 5.74) is 1.65. The van der Waals surface area contributed by atoms with Gasteiger partial charge in [-0.1, -0.05) is 40.9 Å². The van der Waals surface area contributed by atoms with Gasteiger partial charge in [-0.3, -0.25) is 15.6 Å². The van der Waals surface area contributed by atoms with Gasteiger partial charge in [0.15, 0.2) is 5.82 Å². The Morgan fingerprint density at radius 1 is 0.950 bits per heavy atom. The van der Waals surface area contributed by atoms with Gasteiger partial charge < -0.3 is 0 Å². The number of nitrogens with zero attached hydrogens (tertiary/aromatic N) is 2. The molecule has 2 aromatic carbocycles. The number of carbonyl (C=O) groups is 1. The molecular weight excluding hydrogens is 612 g/mol. The minimum absolute atomic E-state index is 0.0786. The van der Waals surface area contributed by atoms with Crippen molar-refractivity contribution >= 4 is 52.4 Å². The van der Waals surface area contributed by atoms with Crippen molar-refractivity contribution in [2.24, 2.45) is 0 Å². The Hall–Kier alpha value is -3.09. The highest BCUT2D eigenvalue weighted by Gasteiger charge is 2.41. The van der Waals surface area contributed by atoms with Crippen molar-refractivity contribution in [1.29, 1.82) is 0 Å². The number of allylic oxidation sites excluding steroid dienone is 1. The summed E-state index contributed by atoms with van der Waals surface area (Å²) >= 11 is 17.4. The van der Waals surface area contributed by atoms with Gasteiger partial charge in [-0.15, -0.1) is 0 Å². The molecule has 0 fully saturated rings. The molecule has 3 aromatic rings. The van der Waals surface area contributed by atoms with Gasteiger partial charge in [0.1, 0.15) is 17.6 Å². The molecule has 0 saturated carbocycles. The van der Waals surface area contributed by atoms with Crippen molar-refractivity contribution in [2.75, 3.05) is 5.43 Å². The Morgan fingerprint density at radius 2 is 1.55 bits per heavy atom. The maximum atomic E-state index is 15.0. The summed E-state index contributed by atoms with van der Waals surface area (Å²) in [5.74, 6) is -5.05. The Morgan fingerprint density at radius 3 is 2.10 bits per heavy atom. The molecule has 1 heterocycles. The molecule has 214 valence electrons. The molecule has 1 aromatic heterocycles. The molecule has 40 heavy (non-hydrogen) atoms. The lowest BCUT2D eigenvalue weighted by atomic mass is 9.95. The van der Waals surface area contributed by atoms with Crippen LogP contribution in [0.15, 0.2) is 36.4 Å². The van der Waals surface area contributed by atoms with Crippen molar-refractivity contribution in [3.63, 3.8) is 0 Å². The first-order valence-corrected chi connectivity index (χ1v) is 12.2. The van der Waals surface area contributed by atoms with Gasteiger partial charge in [-0.05, 0) is 56.7 Å². The van der Waals surface area contributed by atoms with Gasteiger partial charge in [0.25, 0.3) is 5.91 Å². The van der Waals surface area contributed by atoms with Crippen LogP contribution in [0, 0.1) is 20.8 Å². The molecule has 1 unspecified atom stereocenters. The van der Waals surface area contributed by atoms with Crippen molar-refractivity contribution in [3.8, 4) is 0 Å². The zero-order valence-electron chi connectivity index (χ0n) is 20.6. The van der Waals surface area contributed by atoms with Gasteiger partial charge >= 0.3 is 12.4 Å². The van der Waals surface area contributed by atoms with E-state index in [1.165, 1.54) is 0 Å². The molecule has 0 radical (unpaired) electrons. The number of aryl methyl sites for hydroxylation is 2. The van der Waals surface area contributed by atoms with Crippen molar-refractivity contribution in [1.82, 2.24) is 15.4 Å². The van der Waals surface area contributed by atoms with Crippen LogP contribution in [0.1, 0.15) is 50.0 Å².